The van der Waals surface area contributed by atoms with Crippen LogP contribution >= 0.6 is 0 Å². The number of ether oxygens (including phenoxy) is 2. The molecule has 4 heteroatoms. The molecule has 0 atom stereocenters. The summed E-state index contributed by atoms with van der Waals surface area (Å²) in [4.78, 5) is 9.68. The lowest BCUT2D eigenvalue weighted by Crippen LogP contribution is -2.01. The number of hydrogen-bond acceptors (Lipinski definition) is 4. The van der Waals surface area contributed by atoms with E-state index < -0.39 is 0 Å². The fraction of sp³-hybridized carbons (Fsp3) is 0.400. The van der Waals surface area contributed by atoms with E-state index in [2.05, 4.69) is 62.4 Å². The van der Waals surface area contributed by atoms with Crippen LogP contribution in [0.5, 0.6) is 11.5 Å². The van der Waals surface area contributed by atoms with Crippen LogP contribution in [0.25, 0.3) is 32.9 Å². The minimum absolute atomic E-state index is 0.719. The lowest BCUT2D eigenvalue weighted by atomic mass is 10.0. The Morgan fingerprint density at radius 3 is 1.35 bits per heavy atom. The van der Waals surface area contributed by atoms with Gasteiger partial charge in [0.15, 0.2) is 0 Å². The van der Waals surface area contributed by atoms with E-state index in [-0.39, 0.29) is 0 Å². The Kier molecular flexibility index (Phi) is 8.72. The first-order valence-electron chi connectivity index (χ1n) is 12.8. The fourth-order valence-corrected chi connectivity index (χ4v) is 4.36. The highest BCUT2D eigenvalue weighted by Crippen LogP contribution is 2.37. The van der Waals surface area contributed by atoms with Crippen molar-refractivity contribution in [3.05, 3.63) is 60.9 Å². The van der Waals surface area contributed by atoms with Crippen LogP contribution in [0.1, 0.15) is 65.2 Å². The summed E-state index contributed by atoms with van der Waals surface area (Å²) in [6, 6.07) is 16.6. The van der Waals surface area contributed by atoms with Crippen molar-refractivity contribution in [2.45, 2.75) is 65.2 Å². The number of aromatic nitrogens is 2. The number of hydrogen-bond donors (Lipinski definition) is 0. The van der Waals surface area contributed by atoms with E-state index in [1.54, 1.807) is 0 Å². The Labute approximate surface area is 203 Å². The lowest BCUT2D eigenvalue weighted by molar-refractivity contribution is 0.307. The van der Waals surface area contributed by atoms with Crippen molar-refractivity contribution in [2.75, 3.05) is 13.2 Å². The van der Waals surface area contributed by atoms with Gasteiger partial charge in [-0.25, -0.2) is 0 Å². The molecule has 0 amide bonds. The molecule has 0 aliphatic heterocycles. The van der Waals surface area contributed by atoms with Gasteiger partial charge in [-0.1, -0.05) is 101 Å². The summed E-state index contributed by atoms with van der Waals surface area (Å²) in [5, 5.41) is 4.26. The fourth-order valence-electron chi connectivity index (χ4n) is 4.36. The van der Waals surface area contributed by atoms with Crippen LogP contribution in [-0.2, 0) is 0 Å². The summed E-state index contributed by atoms with van der Waals surface area (Å²) in [5.74, 6) is 1.68. The summed E-state index contributed by atoms with van der Waals surface area (Å²) < 4.78 is 12.3. The van der Waals surface area contributed by atoms with Gasteiger partial charge < -0.3 is 9.47 Å². The second kappa shape index (κ2) is 12.4. The van der Waals surface area contributed by atoms with Gasteiger partial charge in [0.2, 0.25) is 0 Å². The van der Waals surface area contributed by atoms with Gasteiger partial charge in [-0.05, 0) is 12.8 Å². The summed E-state index contributed by atoms with van der Waals surface area (Å²) in [7, 11) is 0. The molecule has 2 aromatic heterocycles. The Morgan fingerprint density at radius 2 is 0.941 bits per heavy atom. The van der Waals surface area contributed by atoms with E-state index in [4.69, 9.17) is 19.4 Å². The summed E-state index contributed by atoms with van der Waals surface area (Å²) >= 11 is 0. The van der Waals surface area contributed by atoms with E-state index in [1.165, 1.54) is 38.5 Å². The Balaban J connectivity index is 1.64. The topological polar surface area (TPSA) is 44.2 Å². The molecule has 0 unspecified atom stereocenters. The second-order valence-corrected chi connectivity index (χ2v) is 8.85. The van der Waals surface area contributed by atoms with E-state index in [0.717, 1.165) is 70.5 Å². The zero-order valence-electron chi connectivity index (χ0n) is 20.6. The van der Waals surface area contributed by atoms with Crippen LogP contribution in [0.2, 0.25) is 0 Å². The molecule has 0 N–H and O–H groups in total. The smallest absolute Gasteiger partial charge is 0.145 e. The van der Waals surface area contributed by atoms with Gasteiger partial charge in [0, 0.05) is 21.5 Å². The SMILES string of the molecule is CCCCCCOc1cnc(-c2ncc(OCCCCCC)c3ccccc23)c2ccccc12. The van der Waals surface area contributed by atoms with Crippen LogP contribution < -0.4 is 9.47 Å². The standard InChI is InChI=1S/C30H36N2O2/c1-3-5-7-13-19-33-27-21-31-29(25-17-11-9-15-23(25)27)30-26-18-12-10-16-24(26)28(22-32-30)34-20-14-8-6-4-2/h9-12,15-18,21-22H,3-8,13-14,19-20H2,1-2H3. The maximum Gasteiger partial charge on any atom is 0.145 e. The normalized spacial score (nSPS) is 11.2. The Bertz CT molecular complexity index is 1110. The molecule has 0 spiro atoms. The highest BCUT2D eigenvalue weighted by atomic mass is 16.5. The van der Waals surface area contributed by atoms with E-state index in [9.17, 15) is 0 Å². The minimum Gasteiger partial charge on any atom is -0.491 e. The second-order valence-electron chi connectivity index (χ2n) is 8.85. The third-order valence-electron chi connectivity index (χ3n) is 6.25. The van der Waals surface area contributed by atoms with Gasteiger partial charge in [-0.2, -0.15) is 0 Å². The molecule has 0 saturated heterocycles. The first-order chi connectivity index (χ1) is 16.8. The monoisotopic (exact) mass is 456 g/mol. The summed E-state index contributed by atoms with van der Waals surface area (Å²) in [6.07, 6.45) is 13.2. The Hall–Kier alpha value is -3.14. The number of benzene rings is 2. The molecular weight excluding hydrogens is 420 g/mol. The van der Waals surface area contributed by atoms with Crippen molar-refractivity contribution in [2.24, 2.45) is 0 Å². The van der Waals surface area contributed by atoms with E-state index in [0.29, 0.717) is 0 Å². The molecule has 0 radical (unpaired) electrons. The highest BCUT2D eigenvalue weighted by Gasteiger charge is 2.16. The zero-order chi connectivity index (χ0) is 23.6. The van der Waals surface area contributed by atoms with E-state index >= 15 is 0 Å². The zero-order valence-corrected chi connectivity index (χ0v) is 20.6. The minimum atomic E-state index is 0.719. The van der Waals surface area contributed by atoms with Gasteiger partial charge in [0.25, 0.3) is 0 Å². The molecule has 4 nitrogen and oxygen atoms in total. The third kappa shape index (κ3) is 5.67. The van der Waals surface area contributed by atoms with Crippen molar-refractivity contribution in [3.63, 3.8) is 0 Å². The maximum absolute atomic E-state index is 6.13. The average Bonchev–Trinajstić information content (AvgIpc) is 2.88. The molecule has 4 rings (SSSR count). The van der Waals surface area contributed by atoms with Gasteiger partial charge in [-0.3, -0.25) is 9.97 Å². The molecule has 0 aliphatic rings. The summed E-state index contributed by atoms with van der Waals surface area (Å²) in [5.41, 5.74) is 1.75. The van der Waals surface area contributed by atoms with Crippen molar-refractivity contribution in [1.82, 2.24) is 9.97 Å². The average molecular weight is 457 g/mol. The number of fused-ring (bicyclic) bond motifs is 2. The van der Waals surface area contributed by atoms with Crippen LogP contribution in [0, 0.1) is 0 Å². The molecule has 0 saturated carbocycles. The maximum atomic E-state index is 6.13. The quantitative estimate of drug-likeness (QED) is 0.190. The predicted molar refractivity (Wildman–Crippen MR) is 142 cm³/mol. The molecule has 2 heterocycles. The number of unbranched alkanes of at least 4 members (excludes halogenated alkanes) is 6. The van der Waals surface area contributed by atoms with Crippen LogP contribution in [0.15, 0.2) is 60.9 Å². The van der Waals surface area contributed by atoms with Crippen molar-refractivity contribution < 1.29 is 9.47 Å². The first kappa shape index (κ1) is 24.0. The van der Waals surface area contributed by atoms with Crippen LogP contribution in [-0.4, -0.2) is 23.2 Å². The predicted octanol–water partition coefficient (Wildman–Crippen LogP) is 8.37. The first-order valence-corrected chi connectivity index (χ1v) is 12.8. The van der Waals surface area contributed by atoms with Gasteiger partial charge in [-0.15, -0.1) is 0 Å². The van der Waals surface area contributed by atoms with Crippen molar-refractivity contribution >= 4 is 21.5 Å². The lowest BCUT2D eigenvalue weighted by Gasteiger charge is -2.14. The molecule has 4 aromatic rings. The Morgan fingerprint density at radius 1 is 0.529 bits per heavy atom. The molecule has 178 valence electrons. The molecular formula is C30H36N2O2. The number of nitrogens with zero attached hydrogens (tertiary/aromatic N) is 2. The number of pyridine rings is 2. The summed E-state index contributed by atoms with van der Waals surface area (Å²) in [6.45, 7) is 5.88. The highest BCUT2D eigenvalue weighted by molar-refractivity contribution is 6.05. The van der Waals surface area contributed by atoms with E-state index in [1.807, 2.05) is 12.4 Å². The molecule has 0 fully saturated rings. The van der Waals surface area contributed by atoms with Gasteiger partial charge in [0.05, 0.1) is 37.0 Å². The third-order valence-corrected chi connectivity index (χ3v) is 6.25. The van der Waals surface area contributed by atoms with Crippen LogP contribution in [0.4, 0.5) is 0 Å². The largest absolute Gasteiger partial charge is 0.491 e. The van der Waals surface area contributed by atoms with Gasteiger partial charge in [0.1, 0.15) is 11.5 Å². The molecule has 0 aliphatic carbocycles. The van der Waals surface area contributed by atoms with Gasteiger partial charge >= 0.3 is 0 Å². The molecule has 0 bridgehead atoms. The number of rotatable bonds is 13. The van der Waals surface area contributed by atoms with Crippen molar-refractivity contribution in [1.29, 1.82) is 0 Å². The molecule has 2 aromatic carbocycles. The molecule has 34 heavy (non-hydrogen) atoms. The van der Waals surface area contributed by atoms with Crippen LogP contribution in [0.3, 0.4) is 0 Å². The van der Waals surface area contributed by atoms with Crippen molar-refractivity contribution in [3.8, 4) is 22.9 Å².